The molecule has 0 amide bonds. The lowest BCUT2D eigenvalue weighted by molar-refractivity contribution is 0.0823. The van der Waals surface area contributed by atoms with Gasteiger partial charge in [0.05, 0.1) is 19.8 Å². The second kappa shape index (κ2) is 13.2. The molecule has 0 radical (unpaired) electrons. The Labute approximate surface area is 174 Å². The van der Waals surface area contributed by atoms with Crippen LogP contribution in [0.25, 0.3) is 0 Å². The number of likely N-dealkylation sites (tertiary alicyclic amines) is 1. The van der Waals surface area contributed by atoms with Gasteiger partial charge in [0.25, 0.3) is 0 Å². The van der Waals surface area contributed by atoms with Gasteiger partial charge in [0.15, 0.2) is 5.96 Å². The van der Waals surface area contributed by atoms with E-state index in [-0.39, 0.29) is 30.1 Å². The van der Waals surface area contributed by atoms with E-state index < -0.39 is 0 Å². The van der Waals surface area contributed by atoms with E-state index in [9.17, 15) is 5.11 Å². The molecule has 0 unspecified atom stereocenters. The van der Waals surface area contributed by atoms with Crippen molar-refractivity contribution in [2.45, 2.75) is 38.8 Å². The van der Waals surface area contributed by atoms with Crippen LogP contribution < -0.4 is 15.4 Å². The van der Waals surface area contributed by atoms with E-state index in [1.807, 2.05) is 18.2 Å². The second-order valence-electron chi connectivity index (χ2n) is 6.40. The molecule has 1 aromatic carbocycles. The molecule has 1 aliphatic heterocycles. The Morgan fingerprint density at radius 1 is 1.31 bits per heavy atom. The number of piperidine rings is 1. The topological polar surface area (TPSA) is 69.1 Å². The molecule has 1 heterocycles. The van der Waals surface area contributed by atoms with E-state index in [0.29, 0.717) is 6.54 Å². The first-order chi connectivity index (χ1) is 12.2. The number of aliphatic hydroxyl groups is 1. The van der Waals surface area contributed by atoms with Gasteiger partial charge in [0.1, 0.15) is 5.75 Å². The molecule has 1 fully saturated rings. The summed E-state index contributed by atoms with van der Waals surface area (Å²) in [7, 11) is 1.68. The number of hydrogen-bond acceptors (Lipinski definition) is 4. The molecule has 0 bridgehead atoms. The van der Waals surface area contributed by atoms with Crippen molar-refractivity contribution in [2.24, 2.45) is 4.99 Å². The van der Waals surface area contributed by atoms with Gasteiger partial charge >= 0.3 is 0 Å². The number of hydrogen-bond donors (Lipinski definition) is 3. The Balaban J connectivity index is 0.00000338. The minimum Gasteiger partial charge on any atom is -0.497 e. The van der Waals surface area contributed by atoms with Gasteiger partial charge in [-0.2, -0.15) is 0 Å². The van der Waals surface area contributed by atoms with Gasteiger partial charge in [0, 0.05) is 26.2 Å². The lowest BCUT2D eigenvalue weighted by Crippen LogP contribution is -2.40. The van der Waals surface area contributed by atoms with Crippen LogP contribution in [0.5, 0.6) is 5.75 Å². The van der Waals surface area contributed by atoms with E-state index in [4.69, 9.17) is 4.74 Å². The van der Waals surface area contributed by atoms with Gasteiger partial charge in [-0.05, 0) is 50.4 Å². The van der Waals surface area contributed by atoms with Crippen molar-refractivity contribution in [3.63, 3.8) is 0 Å². The number of nitrogens with zero attached hydrogens (tertiary/aromatic N) is 2. The molecule has 7 heteroatoms. The third kappa shape index (κ3) is 8.55. The highest BCUT2D eigenvalue weighted by Crippen LogP contribution is 2.13. The third-order valence-corrected chi connectivity index (χ3v) is 4.40. The number of ether oxygens (including phenoxy) is 1. The fourth-order valence-electron chi connectivity index (χ4n) is 2.94. The minimum atomic E-state index is -0.0986. The molecule has 26 heavy (non-hydrogen) atoms. The highest BCUT2D eigenvalue weighted by Gasteiger charge is 2.15. The molecule has 2 rings (SSSR count). The monoisotopic (exact) mass is 476 g/mol. The van der Waals surface area contributed by atoms with Crippen molar-refractivity contribution >= 4 is 29.9 Å². The summed E-state index contributed by atoms with van der Waals surface area (Å²) >= 11 is 0. The van der Waals surface area contributed by atoms with Gasteiger partial charge < -0.3 is 25.4 Å². The Bertz CT molecular complexity index is 534. The molecular weight excluding hydrogens is 443 g/mol. The van der Waals surface area contributed by atoms with Crippen molar-refractivity contribution in [3.05, 3.63) is 29.8 Å². The number of methoxy groups -OCH3 is 1. The average molecular weight is 476 g/mol. The van der Waals surface area contributed by atoms with E-state index >= 15 is 0 Å². The zero-order valence-corrected chi connectivity index (χ0v) is 18.2. The quantitative estimate of drug-likeness (QED) is 0.232. The molecule has 0 aromatic heterocycles. The third-order valence-electron chi connectivity index (χ3n) is 4.40. The molecule has 0 spiro atoms. The van der Waals surface area contributed by atoms with E-state index in [0.717, 1.165) is 69.3 Å². The fourth-order valence-corrected chi connectivity index (χ4v) is 2.94. The second-order valence-corrected chi connectivity index (χ2v) is 6.40. The van der Waals surface area contributed by atoms with Crippen LogP contribution in [-0.2, 0) is 6.54 Å². The van der Waals surface area contributed by atoms with Crippen LogP contribution in [0.3, 0.4) is 0 Å². The number of aliphatic imine (C=N–C) groups is 1. The van der Waals surface area contributed by atoms with E-state index in [1.54, 1.807) is 7.11 Å². The van der Waals surface area contributed by atoms with Crippen LogP contribution in [-0.4, -0.2) is 61.9 Å². The molecule has 0 aliphatic carbocycles. The van der Waals surface area contributed by atoms with Crippen LogP contribution >= 0.6 is 24.0 Å². The number of rotatable bonds is 8. The standard InChI is InChI=1S/C19H32N4O2.HI/c1-3-20-19(22-15-16-6-4-7-18(14-16)25-2)21-10-5-11-23-12-8-17(24)9-13-23;/h4,6-7,14,17,24H,3,5,8-13,15H2,1-2H3,(H2,20,21,22);1H. The van der Waals surface area contributed by atoms with Crippen molar-refractivity contribution in [2.75, 3.05) is 39.8 Å². The average Bonchev–Trinajstić information content (AvgIpc) is 2.64. The smallest absolute Gasteiger partial charge is 0.191 e. The Hall–Kier alpha value is -1.06. The van der Waals surface area contributed by atoms with Crippen LogP contribution in [0.2, 0.25) is 0 Å². The lowest BCUT2D eigenvalue weighted by Gasteiger charge is -2.29. The van der Waals surface area contributed by atoms with Gasteiger partial charge in [-0.15, -0.1) is 24.0 Å². The lowest BCUT2D eigenvalue weighted by atomic mass is 10.1. The molecule has 3 N–H and O–H groups in total. The van der Waals surface area contributed by atoms with E-state index in [2.05, 4.69) is 33.5 Å². The molecule has 0 saturated carbocycles. The summed E-state index contributed by atoms with van der Waals surface area (Å²) in [6, 6.07) is 7.99. The van der Waals surface area contributed by atoms with Gasteiger partial charge in [-0.25, -0.2) is 4.99 Å². The molecular formula is C19H33IN4O2. The highest BCUT2D eigenvalue weighted by atomic mass is 127. The number of halogens is 1. The molecule has 1 aliphatic rings. The van der Waals surface area contributed by atoms with Crippen molar-refractivity contribution < 1.29 is 9.84 Å². The van der Waals surface area contributed by atoms with Crippen LogP contribution in [0.15, 0.2) is 29.3 Å². The zero-order chi connectivity index (χ0) is 17.9. The van der Waals surface area contributed by atoms with Gasteiger partial charge in [0.2, 0.25) is 0 Å². The molecule has 0 atom stereocenters. The summed E-state index contributed by atoms with van der Waals surface area (Å²) in [4.78, 5) is 7.07. The Morgan fingerprint density at radius 2 is 2.08 bits per heavy atom. The maximum absolute atomic E-state index is 9.55. The summed E-state index contributed by atoms with van der Waals surface area (Å²) in [5.41, 5.74) is 1.13. The number of nitrogens with one attached hydrogen (secondary N) is 2. The molecule has 148 valence electrons. The molecule has 6 nitrogen and oxygen atoms in total. The number of guanidine groups is 1. The predicted octanol–water partition coefficient (Wildman–Crippen LogP) is 2.22. The summed E-state index contributed by atoms with van der Waals surface area (Å²) in [5.74, 6) is 1.71. The van der Waals surface area contributed by atoms with Crippen molar-refractivity contribution in [1.82, 2.24) is 15.5 Å². The Morgan fingerprint density at radius 3 is 2.77 bits per heavy atom. The zero-order valence-electron chi connectivity index (χ0n) is 15.9. The SMILES string of the molecule is CCNC(=NCc1cccc(OC)c1)NCCCN1CCC(O)CC1.I. The predicted molar refractivity (Wildman–Crippen MR) is 118 cm³/mol. The summed E-state index contributed by atoms with van der Waals surface area (Å²) in [6.45, 7) is 7.50. The van der Waals surface area contributed by atoms with Crippen LogP contribution in [0.4, 0.5) is 0 Å². The Kier molecular flexibility index (Phi) is 11.6. The van der Waals surface area contributed by atoms with Crippen LogP contribution in [0.1, 0.15) is 31.7 Å². The number of benzene rings is 1. The van der Waals surface area contributed by atoms with E-state index in [1.165, 1.54) is 0 Å². The first kappa shape index (κ1) is 23.0. The first-order valence-electron chi connectivity index (χ1n) is 9.26. The summed E-state index contributed by atoms with van der Waals surface area (Å²) in [6.07, 6.45) is 2.77. The maximum Gasteiger partial charge on any atom is 0.191 e. The normalized spacial score (nSPS) is 16.0. The van der Waals surface area contributed by atoms with Crippen molar-refractivity contribution in [1.29, 1.82) is 0 Å². The largest absolute Gasteiger partial charge is 0.497 e. The van der Waals surface area contributed by atoms with Crippen LogP contribution in [0, 0.1) is 0 Å². The molecule has 1 aromatic rings. The molecule has 1 saturated heterocycles. The number of aliphatic hydroxyl groups excluding tert-OH is 1. The summed E-state index contributed by atoms with van der Waals surface area (Å²) < 4.78 is 5.25. The maximum atomic E-state index is 9.55. The van der Waals surface area contributed by atoms with Gasteiger partial charge in [-0.3, -0.25) is 0 Å². The summed E-state index contributed by atoms with van der Waals surface area (Å²) in [5, 5.41) is 16.2. The fraction of sp³-hybridized carbons (Fsp3) is 0.632. The highest BCUT2D eigenvalue weighted by molar-refractivity contribution is 14.0. The minimum absolute atomic E-state index is 0. The first-order valence-corrected chi connectivity index (χ1v) is 9.26. The van der Waals surface area contributed by atoms with Gasteiger partial charge in [-0.1, -0.05) is 12.1 Å². The van der Waals surface area contributed by atoms with Crippen molar-refractivity contribution in [3.8, 4) is 5.75 Å².